The van der Waals surface area contributed by atoms with Gasteiger partial charge in [-0.05, 0) is 66.1 Å². The number of hydrogen-bond donors (Lipinski definition) is 4. The SMILES string of the molecule is Cc1ccc(Nc2nc(N/N=C\c3c(O)ccc4ccccc34)nc(Nc3ccc([N+](=O)[O-])cc3)n2)cc1C. The largest absolute Gasteiger partial charge is 0.507 e. The summed E-state index contributed by atoms with van der Waals surface area (Å²) >= 11 is 0. The van der Waals surface area contributed by atoms with Crippen LogP contribution in [0.15, 0.2) is 84.0 Å². The van der Waals surface area contributed by atoms with Crippen molar-refractivity contribution < 1.29 is 10.0 Å². The molecule has 4 aromatic carbocycles. The third-order valence-corrected chi connectivity index (χ3v) is 6.04. The third kappa shape index (κ3) is 5.88. The van der Waals surface area contributed by atoms with Crippen LogP contribution in [0.5, 0.6) is 5.75 Å². The smallest absolute Gasteiger partial charge is 0.269 e. The number of aromatic nitrogens is 3. The topological polar surface area (TPSA) is 150 Å². The second-order valence-corrected chi connectivity index (χ2v) is 8.75. The third-order valence-electron chi connectivity index (χ3n) is 6.04. The Kier molecular flexibility index (Phi) is 6.95. The summed E-state index contributed by atoms with van der Waals surface area (Å²) in [6.45, 7) is 4.04. The highest BCUT2D eigenvalue weighted by atomic mass is 16.6. The molecule has 0 aliphatic carbocycles. The molecule has 0 saturated carbocycles. The maximum absolute atomic E-state index is 11.0. The van der Waals surface area contributed by atoms with Gasteiger partial charge in [-0.1, -0.05) is 36.4 Å². The summed E-state index contributed by atoms with van der Waals surface area (Å²) in [5, 5.41) is 33.7. The summed E-state index contributed by atoms with van der Waals surface area (Å²) in [4.78, 5) is 23.8. The number of nitro groups is 1. The molecule has 0 bridgehead atoms. The van der Waals surface area contributed by atoms with E-state index in [4.69, 9.17) is 0 Å². The number of phenolic OH excluding ortho intramolecular Hbond substituents is 1. The number of anilines is 5. The Labute approximate surface area is 223 Å². The molecule has 39 heavy (non-hydrogen) atoms. The average molecular weight is 521 g/mol. The molecule has 0 fully saturated rings. The quantitative estimate of drug-likeness (QED) is 0.107. The highest BCUT2D eigenvalue weighted by Crippen LogP contribution is 2.26. The molecule has 0 amide bonds. The lowest BCUT2D eigenvalue weighted by molar-refractivity contribution is -0.384. The van der Waals surface area contributed by atoms with E-state index in [2.05, 4.69) is 36.1 Å². The van der Waals surface area contributed by atoms with Crippen molar-refractivity contribution in [1.82, 2.24) is 15.0 Å². The Bertz CT molecular complexity index is 1700. The minimum Gasteiger partial charge on any atom is -0.507 e. The van der Waals surface area contributed by atoms with Gasteiger partial charge < -0.3 is 15.7 Å². The predicted octanol–water partition coefficient (Wildman–Crippen LogP) is 6.19. The molecule has 11 nitrogen and oxygen atoms in total. The van der Waals surface area contributed by atoms with Crippen molar-refractivity contribution in [2.45, 2.75) is 13.8 Å². The first kappa shape index (κ1) is 25.1. The van der Waals surface area contributed by atoms with Crippen LogP contribution in [0, 0.1) is 24.0 Å². The lowest BCUT2D eigenvalue weighted by Crippen LogP contribution is -2.07. The minimum absolute atomic E-state index is 0.0262. The van der Waals surface area contributed by atoms with E-state index in [1.54, 1.807) is 18.2 Å². The van der Waals surface area contributed by atoms with Gasteiger partial charge in [0, 0.05) is 29.1 Å². The van der Waals surface area contributed by atoms with Crippen molar-refractivity contribution in [3.05, 3.63) is 106 Å². The van der Waals surface area contributed by atoms with E-state index in [0.717, 1.165) is 27.6 Å². The fourth-order valence-corrected chi connectivity index (χ4v) is 3.86. The number of benzene rings is 4. The van der Waals surface area contributed by atoms with Crippen LogP contribution in [0.3, 0.4) is 0 Å². The molecule has 11 heteroatoms. The normalized spacial score (nSPS) is 11.0. The standard InChI is InChI=1S/C28H24N8O3/c1-17-7-9-21(15-18(17)2)31-27-32-26(30-20-10-12-22(13-11-20)36(38)39)33-28(34-27)35-29-16-24-23-6-4-3-5-19(23)8-14-25(24)37/h3-16,37H,1-2H3,(H3,30,31,32,33,34,35)/b29-16-. The number of nitro benzene ring substituents is 1. The van der Waals surface area contributed by atoms with Gasteiger partial charge >= 0.3 is 0 Å². The number of non-ortho nitro benzene ring substituents is 1. The number of nitrogens with one attached hydrogen (secondary N) is 3. The highest BCUT2D eigenvalue weighted by Gasteiger charge is 2.10. The van der Waals surface area contributed by atoms with Gasteiger partial charge in [-0.2, -0.15) is 20.1 Å². The number of aryl methyl sites for hydroxylation is 2. The van der Waals surface area contributed by atoms with E-state index in [9.17, 15) is 15.2 Å². The second kappa shape index (κ2) is 10.8. The first-order valence-corrected chi connectivity index (χ1v) is 12.0. The molecule has 0 radical (unpaired) electrons. The van der Waals surface area contributed by atoms with Gasteiger partial charge in [-0.3, -0.25) is 10.1 Å². The summed E-state index contributed by atoms with van der Waals surface area (Å²) < 4.78 is 0. The maximum atomic E-state index is 11.0. The summed E-state index contributed by atoms with van der Waals surface area (Å²) in [5.74, 6) is 0.670. The number of nitrogens with zero attached hydrogens (tertiary/aromatic N) is 5. The van der Waals surface area contributed by atoms with Crippen LogP contribution in [0.2, 0.25) is 0 Å². The first-order valence-electron chi connectivity index (χ1n) is 12.0. The van der Waals surface area contributed by atoms with Gasteiger partial charge in [0.2, 0.25) is 17.8 Å². The van der Waals surface area contributed by atoms with Gasteiger partial charge in [0.1, 0.15) is 5.75 Å². The van der Waals surface area contributed by atoms with E-state index in [1.807, 2.05) is 62.4 Å². The van der Waals surface area contributed by atoms with E-state index in [1.165, 1.54) is 18.3 Å². The lowest BCUT2D eigenvalue weighted by atomic mass is 10.0. The first-order chi connectivity index (χ1) is 18.9. The number of aromatic hydroxyl groups is 1. The molecule has 1 aromatic heterocycles. The van der Waals surface area contributed by atoms with Crippen molar-refractivity contribution in [3.63, 3.8) is 0 Å². The number of rotatable bonds is 8. The summed E-state index contributed by atoms with van der Waals surface area (Å²) in [5.41, 5.74) is 6.94. The fraction of sp³-hybridized carbons (Fsp3) is 0.0714. The van der Waals surface area contributed by atoms with Crippen LogP contribution in [-0.4, -0.2) is 31.2 Å². The second-order valence-electron chi connectivity index (χ2n) is 8.75. The van der Waals surface area contributed by atoms with E-state index in [0.29, 0.717) is 11.3 Å². The molecule has 0 saturated heterocycles. The Hall–Kier alpha value is -5.58. The number of hydrogen-bond acceptors (Lipinski definition) is 10. The van der Waals surface area contributed by atoms with Crippen LogP contribution in [0.4, 0.5) is 34.9 Å². The fourth-order valence-electron chi connectivity index (χ4n) is 3.86. The van der Waals surface area contributed by atoms with E-state index in [-0.39, 0.29) is 29.3 Å². The molecule has 194 valence electrons. The van der Waals surface area contributed by atoms with E-state index < -0.39 is 4.92 Å². The highest BCUT2D eigenvalue weighted by molar-refractivity contribution is 6.02. The lowest BCUT2D eigenvalue weighted by Gasteiger charge is -2.11. The molecule has 0 atom stereocenters. The molecule has 1 heterocycles. The Morgan fingerprint density at radius 2 is 1.49 bits per heavy atom. The van der Waals surface area contributed by atoms with Crippen LogP contribution in [0.1, 0.15) is 16.7 Å². The predicted molar refractivity (Wildman–Crippen MR) is 152 cm³/mol. The van der Waals surface area contributed by atoms with E-state index >= 15 is 0 Å². The summed E-state index contributed by atoms with van der Waals surface area (Å²) in [6.07, 6.45) is 1.50. The molecule has 4 N–H and O–H groups in total. The van der Waals surface area contributed by atoms with Crippen LogP contribution in [-0.2, 0) is 0 Å². The number of hydrazone groups is 1. The molecule has 0 aliphatic heterocycles. The zero-order valence-electron chi connectivity index (χ0n) is 21.1. The van der Waals surface area contributed by atoms with Gasteiger partial charge in [0.25, 0.3) is 5.69 Å². The molecule has 5 rings (SSSR count). The maximum Gasteiger partial charge on any atom is 0.269 e. The van der Waals surface area contributed by atoms with Crippen molar-refractivity contribution in [1.29, 1.82) is 0 Å². The molecule has 0 spiro atoms. The van der Waals surface area contributed by atoms with Crippen molar-refractivity contribution in [2.24, 2.45) is 5.10 Å². The number of fused-ring (bicyclic) bond motifs is 1. The Balaban J connectivity index is 1.44. The Morgan fingerprint density at radius 1 is 0.821 bits per heavy atom. The summed E-state index contributed by atoms with van der Waals surface area (Å²) in [7, 11) is 0. The average Bonchev–Trinajstić information content (AvgIpc) is 2.92. The molecule has 5 aromatic rings. The van der Waals surface area contributed by atoms with Gasteiger partial charge in [-0.15, -0.1) is 0 Å². The number of phenols is 1. The molecule has 0 unspecified atom stereocenters. The van der Waals surface area contributed by atoms with Gasteiger partial charge in [-0.25, -0.2) is 5.43 Å². The zero-order chi connectivity index (χ0) is 27.4. The monoisotopic (exact) mass is 520 g/mol. The van der Waals surface area contributed by atoms with Crippen LogP contribution >= 0.6 is 0 Å². The Morgan fingerprint density at radius 3 is 2.21 bits per heavy atom. The van der Waals surface area contributed by atoms with Crippen molar-refractivity contribution in [2.75, 3.05) is 16.1 Å². The molecule has 0 aliphatic rings. The van der Waals surface area contributed by atoms with Crippen LogP contribution < -0.4 is 16.1 Å². The van der Waals surface area contributed by atoms with Crippen molar-refractivity contribution in [3.8, 4) is 5.75 Å². The summed E-state index contributed by atoms with van der Waals surface area (Å²) in [6, 6.07) is 22.9. The molecular formula is C28H24N8O3. The van der Waals surface area contributed by atoms with Crippen LogP contribution in [0.25, 0.3) is 10.8 Å². The van der Waals surface area contributed by atoms with Crippen molar-refractivity contribution >= 4 is 51.9 Å². The van der Waals surface area contributed by atoms with Gasteiger partial charge in [0.05, 0.1) is 11.1 Å². The molecular weight excluding hydrogens is 496 g/mol. The zero-order valence-corrected chi connectivity index (χ0v) is 21.1. The van der Waals surface area contributed by atoms with Gasteiger partial charge in [0.15, 0.2) is 0 Å². The minimum atomic E-state index is -0.466.